The lowest BCUT2D eigenvalue weighted by Gasteiger charge is -2.26. The Morgan fingerprint density at radius 3 is 2.61 bits per heavy atom. The molecule has 122 valence electrons. The summed E-state index contributed by atoms with van der Waals surface area (Å²) in [5.41, 5.74) is 2.51. The molecule has 0 aliphatic heterocycles. The van der Waals surface area contributed by atoms with Gasteiger partial charge < -0.3 is 10.1 Å². The van der Waals surface area contributed by atoms with E-state index in [0.29, 0.717) is 23.7 Å². The molecule has 0 heterocycles. The molecule has 0 saturated carbocycles. The second-order valence-electron chi connectivity index (χ2n) is 6.21. The highest BCUT2D eigenvalue weighted by atomic mass is 35.5. The highest BCUT2D eigenvalue weighted by Crippen LogP contribution is 2.25. The van der Waals surface area contributed by atoms with E-state index >= 15 is 0 Å². The van der Waals surface area contributed by atoms with Crippen molar-refractivity contribution < 1.29 is 9.53 Å². The van der Waals surface area contributed by atoms with Crippen molar-refractivity contribution in [2.45, 2.75) is 25.9 Å². The van der Waals surface area contributed by atoms with Crippen LogP contribution in [0.15, 0.2) is 48.5 Å². The molecule has 0 spiro atoms. The molecule has 2 rings (SSSR count). The lowest BCUT2D eigenvalue weighted by Crippen LogP contribution is -2.36. The lowest BCUT2D eigenvalue weighted by atomic mass is 9.84. The van der Waals surface area contributed by atoms with Crippen molar-refractivity contribution in [1.82, 2.24) is 5.32 Å². The maximum Gasteiger partial charge on any atom is 0.251 e. The molecule has 0 bridgehead atoms. The van der Waals surface area contributed by atoms with Crippen molar-refractivity contribution in [2.75, 3.05) is 13.7 Å². The van der Waals surface area contributed by atoms with Gasteiger partial charge in [0.05, 0.1) is 6.61 Å². The van der Waals surface area contributed by atoms with Crippen LogP contribution in [-0.2, 0) is 16.8 Å². The molecule has 0 saturated heterocycles. The molecule has 23 heavy (non-hydrogen) atoms. The van der Waals surface area contributed by atoms with Gasteiger partial charge in [-0.25, -0.2) is 0 Å². The van der Waals surface area contributed by atoms with Crippen LogP contribution in [-0.4, -0.2) is 19.6 Å². The third-order valence-corrected chi connectivity index (χ3v) is 4.03. The summed E-state index contributed by atoms with van der Waals surface area (Å²) in [7, 11) is 1.64. The highest BCUT2D eigenvalue weighted by Gasteiger charge is 2.22. The number of carbonyl (C=O) groups is 1. The summed E-state index contributed by atoms with van der Waals surface area (Å²) in [4.78, 5) is 12.4. The largest absolute Gasteiger partial charge is 0.380 e. The molecule has 0 aliphatic rings. The van der Waals surface area contributed by atoms with Crippen LogP contribution in [0.2, 0.25) is 5.02 Å². The molecule has 1 N–H and O–H groups in total. The highest BCUT2D eigenvalue weighted by molar-refractivity contribution is 6.30. The number of halogens is 1. The van der Waals surface area contributed by atoms with Crippen LogP contribution in [0.1, 0.15) is 35.3 Å². The maximum absolute atomic E-state index is 12.4. The third-order valence-electron chi connectivity index (χ3n) is 3.80. The van der Waals surface area contributed by atoms with Crippen LogP contribution in [0, 0.1) is 0 Å². The Kier molecular flexibility index (Phi) is 5.80. The van der Waals surface area contributed by atoms with Crippen molar-refractivity contribution in [1.29, 1.82) is 0 Å². The number of methoxy groups -OCH3 is 1. The van der Waals surface area contributed by atoms with Crippen LogP contribution in [0.25, 0.3) is 0 Å². The Balaban J connectivity index is 2.04. The van der Waals surface area contributed by atoms with Crippen LogP contribution in [0.3, 0.4) is 0 Å². The minimum Gasteiger partial charge on any atom is -0.380 e. The van der Waals surface area contributed by atoms with E-state index in [2.05, 4.69) is 19.2 Å². The van der Waals surface area contributed by atoms with Gasteiger partial charge in [-0.15, -0.1) is 0 Å². The molecule has 0 aliphatic carbocycles. The van der Waals surface area contributed by atoms with E-state index in [4.69, 9.17) is 16.3 Å². The van der Waals surface area contributed by atoms with E-state index in [1.165, 1.54) is 0 Å². The molecule has 1 amide bonds. The van der Waals surface area contributed by atoms with Gasteiger partial charge in [0.2, 0.25) is 0 Å². The second kappa shape index (κ2) is 7.62. The van der Waals surface area contributed by atoms with Crippen molar-refractivity contribution in [3.05, 3.63) is 70.2 Å². The number of ether oxygens (including phenoxy) is 1. The second-order valence-corrected chi connectivity index (χ2v) is 6.65. The zero-order valence-electron chi connectivity index (χ0n) is 13.7. The molecule has 0 unspecified atom stereocenters. The fraction of sp³-hybridized carbons (Fsp3) is 0.316. The summed E-state index contributed by atoms with van der Waals surface area (Å²) in [6.07, 6.45) is 0. The standard InChI is InChI=1S/C19H22ClNO2/c1-19(2,16-8-5-9-17(20)11-16)13-21-18(22)15-7-4-6-14(10-15)12-23-3/h4-11H,12-13H2,1-3H3,(H,21,22). The van der Waals surface area contributed by atoms with Gasteiger partial charge in [-0.05, 0) is 35.4 Å². The minimum absolute atomic E-state index is 0.0851. The number of carbonyl (C=O) groups excluding carboxylic acids is 1. The summed E-state index contributed by atoms with van der Waals surface area (Å²) in [5, 5.41) is 3.71. The van der Waals surface area contributed by atoms with Crippen molar-refractivity contribution in [2.24, 2.45) is 0 Å². The monoisotopic (exact) mass is 331 g/mol. The number of rotatable bonds is 6. The normalized spacial score (nSPS) is 11.3. The predicted octanol–water partition coefficient (Wildman–Crippen LogP) is 4.19. The van der Waals surface area contributed by atoms with E-state index in [9.17, 15) is 4.79 Å². The summed E-state index contributed by atoms with van der Waals surface area (Å²) in [5.74, 6) is -0.0851. The Bertz CT molecular complexity index is 683. The van der Waals surface area contributed by atoms with E-state index < -0.39 is 0 Å². The third kappa shape index (κ3) is 4.81. The zero-order chi connectivity index (χ0) is 16.9. The summed E-state index contributed by atoms with van der Waals surface area (Å²) >= 11 is 6.06. The molecular formula is C19H22ClNO2. The number of benzene rings is 2. The SMILES string of the molecule is COCc1cccc(C(=O)NCC(C)(C)c2cccc(Cl)c2)c1. The zero-order valence-corrected chi connectivity index (χ0v) is 14.5. The van der Waals surface area contributed by atoms with Crippen molar-refractivity contribution in [3.63, 3.8) is 0 Å². The van der Waals surface area contributed by atoms with Gasteiger partial charge in [0.15, 0.2) is 0 Å². The summed E-state index contributed by atoms with van der Waals surface area (Å²) < 4.78 is 5.10. The Labute approximate surface area is 142 Å². The van der Waals surface area contributed by atoms with E-state index in [-0.39, 0.29) is 11.3 Å². The molecular weight excluding hydrogens is 310 g/mol. The number of amides is 1. The van der Waals surface area contributed by atoms with Crippen LogP contribution in [0.4, 0.5) is 0 Å². The van der Waals surface area contributed by atoms with Crippen molar-refractivity contribution in [3.8, 4) is 0 Å². The van der Waals surface area contributed by atoms with Gasteiger partial charge in [-0.3, -0.25) is 4.79 Å². The Hall–Kier alpha value is -1.84. The van der Waals surface area contributed by atoms with Gasteiger partial charge in [-0.2, -0.15) is 0 Å². The summed E-state index contributed by atoms with van der Waals surface area (Å²) in [6.45, 7) is 5.19. The average Bonchev–Trinajstić information content (AvgIpc) is 2.53. The van der Waals surface area contributed by atoms with Crippen LogP contribution in [0.5, 0.6) is 0 Å². The molecule has 2 aromatic rings. The molecule has 0 atom stereocenters. The van der Waals surface area contributed by atoms with E-state index in [1.54, 1.807) is 13.2 Å². The fourth-order valence-corrected chi connectivity index (χ4v) is 2.57. The fourth-order valence-electron chi connectivity index (χ4n) is 2.38. The molecule has 0 radical (unpaired) electrons. The topological polar surface area (TPSA) is 38.3 Å². The number of nitrogens with one attached hydrogen (secondary N) is 1. The van der Waals surface area contributed by atoms with Crippen LogP contribution < -0.4 is 5.32 Å². The first-order chi connectivity index (χ1) is 10.9. The van der Waals surface area contributed by atoms with Crippen molar-refractivity contribution >= 4 is 17.5 Å². The van der Waals surface area contributed by atoms with Gasteiger partial charge in [-0.1, -0.05) is 49.7 Å². The first-order valence-electron chi connectivity index (χ1n) is 7.54. The quantitative estimate of drug-likeness (QED) is 0.861. The first kappa shape index (κ1) is 17.5. The first-order valence-corrected chi connectivity index (χ1v) is 7.92. The van der Waals surface area contributed by atoms with Gasteiger partial charge in [0, 0.05) is 29.7 Å². The van der Waals surface area contributed by atoms with Gasteiger partial charge in [0.25, 0.3) is 5.91 Å². The smallest absolute Gasteiger partial charge is 0.251 e. The maximum atomic E-state index is 12.4. The van der Waals surface area contributed by atoms with Gasteiger partial charge >= 0.3 is 0 Å². The van der Waals surface area contributed by atoms with E-state index in [0.717, 1.165) is 11.1 Å². The number of hydrogen-bond donors (Lipinski definition) is 1. The van der Waals surface area contributed by atoms with E-state index in [1.807, 2.05) is 42.5 Å². The van der Waals surface area contributed by atoms with Crippen LogP contribution >= 0.6 is 11.6 Å². The molecule has 4 heteroatoms. The molecule has 3 nitrogen and oxygen atoms in total. The Morgan fingerprint density at radius 1 is 1.17 bits per heavy atom. The molecule has 2 aromatic carbocycles. The number of hydrogen-bond acceptors (Lipinski definition) is 2. The summed E-state index contributed by atoms with van der Waals surface area (Å²) in [6, 6.07) is 15.2. The average molecular weight is 332 g/mol. The Morgan fingerprint density at radius 2 is 1.91 bits per heavy atom. The van der Waals surface area contributed by atoms with Gasteiger partial charge in [0.1, 0.15) is 0 Å². The molecule has 0 aromatic heterocycles. The predicted molar refractivity (Wildman–Crippen MR) is 94.0 cm³/mol. The molecule has 0 fully saturated rings. The lowest BCUT2D eigenvalue weighted by molar-refractivity contribution is 0.0945. The minimum atomic E-state index is -0.204.